The van der Waals surface area contributed by atoms with Crippen molar-refractivity contribution in [3.8, 4) is 0 Å². The molecule has 18 atom stereocenters. The zero-order valence-electron chi connectivity index (χ0n) is 50.2. The van der Waals surface area contributed by atoms with Gasteiger partial charge in [0.2, 0.25) is 5.91 Å². The van der Waals surface area contributed by atoms with Gasteiger partial charge in [-0.15, -0.1) is 0 Å². The number of aliphatic hydroxyl groups excluding tert-OH is 12. The van der Waals surface area contributed by atoms with Crippen LogP contribution in [0.25, 0.3) is 0 Å². The third-order valence-corrected chi connectivity index (χ3v) is 16.6. The maximum Gasteiger partial charge on any atom is 0.364 e. The molecule has 0 aliphatic carbocycles. The maximum absolute atomic E-state index is 13.4. The van der Waals surface area contributed by atoms with E-state index in [-0.39, 0.29) is 12.3 Å². The minimum Gasteiger partial charge on any atom is -0.477 e. The van der Waals surface area contributed by atoms with Crippen LogP contribution in [0.15, 0.2) is 12.2 Å². The van der Waals surface area contributed by atoms with Gasteiger partial charge in [-0.25, -0.2) is 4.79 Å². The lowest BCUT2D eigenvalue weighted by Crippen LogP contribution is -2.69. The smallest absolute Gasteiger partial charge is 0.364 e. The first-order valence-electron chi connectivity index (χ1n) is 32.1. The lowest BCUT2D eigenvalue weighted by atomic mass is 9.90. The van der Waals surface area contributed by atoms with Crippen LogP contribution in [0.4, 0.5) is 0 Å². The van der Waals surface area contributed by atoms with Crippen LogP contribution in [-0.2, 0) is 38.0 Å². The summed E-state index contributed by atoms with van der Waals surface area (Å²) in [5.74, 6) is -5.38. The molecule has 0 aromatic rings. The lowest BCUT2D eigenvalue weighted by molar-refractivity contribution is -0.390. The van der Waals surface area contributed by atoms with E-state index < -0.39 is 149 Å². The van der Waals surface area contributed by atoms with E-state index in [4.69, 9.17) is 28.4 Å². The number of rotatable bonds is 48. The Labute approximate surface area is 494 Å². The molecule has 83 heavy (non-hydrogen) atoms. The van der Waals surface area contributed by atoms with Crippen LogP contribution in [0.1, 0.15) is 226 Å². The third kappa shape index (κ3) is 27.1. The van der Waals surface area contributed by atoms with Gasteiger partial charge >= 0.3 is 5.97 Å². The number of ether oxygens (including phenoxy) is 6. The van der Waals surface area contributed by atoms with Gasteiger partial charge in [-0.2, -0.15) is 0 Å². The van der Waals surface area contributed by atoms with Crippen LogP contribution in [0, 0.1) is 0 Å². The fourth-order valence-corrected chi connectivity index (χ4v) is 11.2. The van der Waals surface area contributed by atoms with Gasteiger partial charge in [0.15, 0.2) is 12.6 Å². The van der Waals surface area contributed by atoms with Gasteiger partial charge < -0.3 is 100 Å². The molecule has 14 N–H and O–H groups in total. The first kappa shape index (κ1) is 75.2. The van der Waals surface area contributed by atoms with Gasteiger partial charge in [-0.1, -0.05) is 206 Å². The number of carboxylic acid groups (broad SMARTS) is 1. The standard InChI is InChI=1S/C61H113NO21/c1-3-5-7-9-11-13-15-17-18-19-20-21-22-24-26-28-30-32-34-36-48(69)62-42(43(66)35-33-31-29-27-25-23-16-14-12-10-8-6-4-2)41-78-58-53(74)52(73)55(47(40-65)80-58)81-59-54(75)57(51(72)46(39-64)79-59)83-61(60(76)77)37-44(67)49(70)56(82-61)50(71)45(68)38-63/h33,35,42-47,49-59,63-68,70-75H,3-32,34,36-41H2,1-2H3,(H,62,69)(H,76,77)/b35-33+/t42-,43+,44?,45+,46?,47?,49+,50+,51-,52+,53?,54?,55+,56?,57-,58+,59-,61-/m0/s1. The van der Waals surface area contributed by atoms with E-state index in [0.29, 0.717) is 12.8 Å². The molecule has 3 aliphatic rings. The van der Waals surface area contributed by atoms with E-state index in [1.165, 1.54) is 141 Å². The van der Waals surface area contributed by atoms with Crippen molar-refractivity contribution in [3.05, 3.63) is 12.2 Å². The Morgan fingerprint density at radius 2 is 1.05 bits per heavy atom. The van der Waals surface area contributed by atoms with Gasteiger partial charge in [0, 0.05) is 12.8 Å². The average molecular weight is 1200 g/mol. The first-order valence-corrected chi connectivity index (χ1v) is 32.1. The Morgan fingerprint density at radius 3 is 1.52 bits per heavy atom. The van der Waals surface area contributed by atoms with Gasteiger partial charge in [0.25, 0.3) is 5.79 Å². The van der Waals surface area contributed by atoms with Crippen molar-refractivity contribution >= 4 is 11.9 Å². The number of hydrogen-bond donors (Lipinski definition) is 14. The van der Waals surface area contributed by atoms with Gasteiger partial charge in [-0.3, -0.25) is 4.79 Å². The molecule has 3 aliphatic heterocycles. The molecule has 0 radical (unpaired) electrons. The normalized spacial score (nSPS) is 30.1. The molecule has 0 aromatic heterocycles. The summed E-state index contributed by atoms with van der Waals surface area (Å²) in [7, 11) is 0. The van der Waals surface area contributed by atoms with Crippen molar-refractivity contribution in [1.82, 2.24) is 5.32 Å². The number of carboxylic acids is 1. The van der Waals surface area contributed by atoms with Crippen LogP contribution < -0.4 is 5.32 Å². The van der Waals surface area contributed by atoms with Crippen LogP contribution in [0.2, 0.25) is 0 Å². The van der Waals surface area contributed by atoms with Crippen molar-refractivity contribution in [3.63, 3.8) is 0 Å². The van der Waals surface area contributed by atoms with Crippen LogP contribution in [0.5, 0.6) is 0 Å². The molecule has 0 spiro atoms. The summed E-state index contributed by atoms with van der Waals surface area (Å²) in [5.41, 5.74) is 0. The van der Waals surface area contributed by atoms with E-state index in [1.54, 1.807) is 6.08 Å². The van der Waals surface area contributed by atoms with Crippen molar-refractivity contribution in [2.75, 3.05) is 26.4 Å². The zero-order chi connectivity index (χ0) is 61.0. The predicted molar refractivity (Wildman–Crippen MR) is 308 cm³/mol. The van der Waals surface area contributed by atoms with E-state index >= 15 is 0 Å². The highest BCUT2D eigenvalue weighted by molar-refractivity contribution is 5.76. The summed E-state index contributed by atoms with van der Waals surface area (Å²) >= 11 is 0. The fourth-order valence-electron chi connectivity index (χ4n) is 11.2. The Bertz CT molecular complexity index is 1690. The average Bonchev–Trinajstić information content (AvgIpc) is 3.65. The second-order valence-corrected chi connectivity index (χ2v) is 23.6. The quantitative estimate of drug-likeness (QED) is 0.0293. The third-order valence-electron chi connectivity index (χ3n) is 16.6. The molecule has 1 amide bonds. The van der Waals surface area contributed by atoms with Crippen molar-refractivity contribution in [2.24, 2.45) is 0 Å². The number of allylic oxidation sites excluding steroid dienone is 1. The summed E-state index contributed by atoms with van der Waals surface area (Å²) in [4.78, 5) is 26.2. The Balaban J connectivity index is 1.59. The van der Waals surface area contributed by atoms with Crippen LogP contribution >= 0.6 is 0 Å². The molecule has 0 bridgehead atoms. The summed E-state index contributed by atoms with van der Waals surface area (Å²) in [6.07, 6.45) is 9.10. The highest BCUT2D eigenvalue weighted by Gasteiger charge is 2.60. The molecular weight excluding hydrogens is 1080 g/mol. The molecule has 0 aromatic carbocycles. The lowest BCUT2D eigenvalue weighted by Gasteiger charge is -2.50. The largest absolute Gasteiger partial charge is 0.477 e. The van der Waals surface area contributed by atoms with E-state index in [2.05, 4.69) is 19.2 Å². The molecule has 0 saturated carbocycles. The van der Waals surface area contributed by atoms with E-state index in [1.807, 2.05) is 6.08 Å². The number of hydrogen-bond acceptors (Lipinski definition) is 20. The topological polar surface area (TPSA) is 365 Å². The summed E-state index contributed by atoms with van der Waals surface area (Å²) in [5, 5.41) is 142. The minimum absolute atomic E-state index is 0.209. The summed E-state index contributed by atoms with van der Waals surface area (Å²) < 4.78 is 34.3. The number of carbonyl (C=O) groups excluding carboxylic acids is 1. The Kier molecular flexibility index (Phi) is 39.5. The second kappa shape index (κ2) is 43.6. The van der Waals surface area contributed by atoms with Crippen LogP contribution in [-0.4, -0.2) is 215 Å². The van der Waals surface area contributed by atoms with Gasteiger partial charge in [0.1, 0.15) is 73.2 Å². The SMILES string of the molecule is CCCCCCCCCCCCC/C=C/[C@@H](O)[C@H](CO[C@@H]1OC(CO)[C@@H](O[C@@H]2OC(CO)[C@H](O)[C@H](O[C@]3(C(=O)O)CC(O)[C@@H](O)C([C@H](O)[C@H](O)CO)O3)C2O)[C@H](O)C1O)NC(=O)CCCCCCCCCCCCCCCCCCCCC. The first-order chi connectivity index (χ1) is 40.0. The molecule has 3 heterocycles. The second-order valence-electron chi connectivity index (χ2n) is 23.6. The Hall–Kier alpha value is -2.04. The fraction of sp³-hybridized carbons (Fsp3) is 0.934. The molecule has 3 saturated heterocycles. The van der Waals surface area contributed by atoms with Gasteiger partial charge in [-0.05, 0) is 19.3 Å². The Morgan fingerprint density at radius 1 is 0.578 bits per heavy atom. The monoisotopic (exact) mass is 1200 g/mol. The van der Waals surface area contributed by atoms with E-state index in [9.17, 15) is 76.0 Å². The number of aliphatic hydroxyl groups is 12. The van der Waals surface area contributed by atoms with Gasteiger partial charge in [0.05, 0.1) is 44.7 Å². The maximum atomic E-state index is 13.4. The number of unbranched alkanes of at least 4 members (excludes halogenated alkanes) is 29. The highest BCUT2D eigenvalue weighted by atomic mass is 16.8. The predicted octanol–water partition coefficient (Wildman–Crippen LogP) is 4.58. The number of aliphatic carboxylic acids is 1. The van der Waals surface area contributed by atoms with Crippen molar-refractivity contribution < 1.29 is 104 Å². The van der Waals surface area contributed by atoms with Crippen molar-refractivity contribution in [1.29, 1.82) is 0 Å². The zero-order valence-corrected chi connectivity index (χ0v) is 50.2. The molecule has 6 unspecified atom stereocenters. The van der Waals surface area contributed by atoms with E-state index in [0.717, 1.165) is 44.9 Å². The number of amides is 1. The summed E-state index contributed by atoms with van der Waals surface area (Å²) in [6.45, 7) is 1.10. The number of nitrogens with one attached hydrogen (secondary N) is 1. The van der Waals surface area contributed by atoms with Crippen LogP contribution in [0.3, 0.4) is 0 Å². The molecule has 488 valence electrons. The number of carbonyl (C=O) groups is 2. The molecule has 3 fully saturated rings. The molecule has 3 rings (SSSR count). The molecular formula is C61H113NO21. The molecule has 22 heteroatoms. The van der Waals surface area contributed by atoms with Crippen molar-refractivity contribution in [2.45, 2.75) is 336 Å². The molecule has 22 nitrogen and oxygen atoms in total. The summed E-state index contributed by atoms with van der Waals surface area (Å²) in [6, 6.07) is -1.03. The minimum atomic E-state index is -3.08. The highest BCUT2D eigenvalue weighted by Crippen LogP contribution is 2.38.